The second-order valence-corrected chi connectivity index (χ2v) is 5.23. The Kier molecular flexibility index (Phi) is 4.74. The lowest BCUT2D eigenvalue weighted by Gasteiger charge is -2.33. The first-order valence-corrected chi connectivity index (χ1v) is 7.01. The first-order valence-electron chi connectivity index (χ1n) is 7.01. The van der Waals surface area contributed by atoms with Gasteiger partial charge in [0.1, 0.15) is 0 Å². The quantitative estimate of drug-likeness (QED) is 0.632. The lowest BCUT2D eigenvalue weighted by Crippen LogP contribution is -2.47. The van der Waals surface area contributed by atoms with Gasteiger partial charge in [0.05, 0.1) is 11.0 Å². The predicted molar refractivity (Wildman–Crippen MR) is 79.9 cm³/mol. The molecule has 1 atom stereocenters. The van der Waals surface area contributed by atoms with Crippen molar-refractivity contribution >= 4 is 17.3 Å². The minimum atomic E-state index is -0.412. The molecule has 1 aliphatic heterocycles. The van der Waals surface area contributed by atoms with Crippen LogP contribution in [0.15, 0.2) is 18.2 Å². The van der Waals surface area contributed by atoms with E-state index >= 15 is 0 Å². The summed E-state index contributed by atoms with van der Waals surface area (Å²) in [5, 5.41) is 13.9. The summed E-state index contributed by atoms with van der Waals surface area (Å²) in [5.41, 5.74) is 7.14. The van der Waals surface area contributed by atoms with Crippen LogP contribution in [-0.2, 0) is 11.3 Å². The first kappa shape index (κ1) is 15.2. The van der Waals surface area contributed by atoms with Gasteiger partial charge in [-0.3, -0.25) is 19.8 Å². The minimum absolute atomic E-state index is 0.0524. The Balaban J connectivity index is 2.25. The average Bonchev–Trinajstić information content (AvgIpc) is 2.47. The Morgan fingerprint density at radius 3 is 2.90 bits per heavy atom. The molecule has 0 spiro atoms. The van der Waals surface area contributed by atoms with E-state index < -0.39 is 4.92 Å². The summed E-state index contributed by atoms with van der Waals surface area (Å²) in [4.78, 5) is 24.0. The molecule has 1 amide bonds. The molecular weight excluding hydrogens is 272 g/mol. The second-order valence-electron chi connectivity index (χ2n) is 5.23. The van der Waals surface area contributed by atoms with E-state index in [1.165, 1.54) is 6.07 Å². The lowest BCUT2D eigenvalue weighted by molar-refractivity contribution is -0.384. The number of amides is 1. The number of carbonyl (C=O) groups excluding carboxylic acids is 1. The fourth-order valence-corrected chi connectivity index (χ4v) is 2.79. The molecule has 0 aliphatic carbocycles. The molecule has 0 saturated carbocycles. The highest BCUT2D eigenvalue weighted by atomic mass is 16.6. The molecule has 1 heterocycles. The van der Waals surface area contributed by atoms with Crippen molar-refractivity contribution in [1.29, 1.82) is 0 Å². The van der Waals surface area contributed by atoms with E-state index in [0.717, 1.165) is 37.1 Å². The van der Waals surface area contributed by atoms with E-state index in [1.807, 2.05) is 4.90 Å². The third-order valence-electron chi connectivity index (χ3n) is 3.88. The maximum Gasteiger partial charge on any atom is 0.269 e. The molecule has 21 heavy (non-hydrogen) atoms. The maximum atomic E-state index is 11.5. The summed E-state index contributed by atoms with van der Waals surface area (Å²) >= 11 is 0. The van der Waals surface area contributed by atoms with E-state index in [2.05, 4.69) is 5.32 Å². The van der Waals surface area contributed by atoms with Gasteiger partial charge in [0, 0.05) is 31.4 Å². The van der Waals surface area contributed by atoms with Gasteiger partial charge in [0.15, 0.2) is 0 Å². The molecule has 1 fully saturated rings. The molecule has 3 N–H and O–H groups in total. The van der Waals surface area contributed by atoms with E-state index in [9.17, 15) is 14.9 Å². The number of primary amides is 1. The molecule has 1 aliphatic rings. The van der Waals surface area contributed by atoms with Crippen LogP contribution in [0.5, 0.6) is 0 Å². The highest BCUT2D eigenvalue weighted by molar-refractivity contribution is 5.80. The highest BCUT2D eigenvalue weighted by Crippen LogP contribution is 2.26. The van der Waals surface area contributed by atoms with Gasteiger partial charge in [-0.2, -0.15) is 0 Å². The number of non-ortho nitro benzene ring substituents is 1. The third-order valence-corrected chi connectivity index (χ3v) is 3.88. The van der Waals surface area contributed by atoms with Crippen LogP contribution in [0, 0.1) is 10.1 Å². The van der Waals surface area contributed by atoms with Gasteiger partial charge < -0.3 is 11.1 Å². The Bertz CT molecular complexity index is 547. The van der Waals surface area contributed by atoms with Crippen molar-refractivity contribution in [3.63, 3.8) is 0 Å². The molecule has 114 valence electrons. The summed E-state index contributed by atoms with van der Waals surface area (Å²) in [5.74, 6) is -0.328. The van der Waals surface area contributed by atoms with Gasteiger partial charge in [-0.1, -0.05) is 6.42 Å². The maximum absolute atomic E-state index is 11.5. The van der Waals surface area contributed by atoms with Crippen LogP contribution in [0.3, 0.4) is 0 Å². The summed E-state index contributed by atoms with van der Waals surface area (Å²) in [6, 6.07) is 4.43. The summed E-state index contributed by atoms with van der Waals surface area (Å²) in [6.07, 6.45) is 2.74. The van der Waals surface area contributed by atoms with Crippen molar-refractivity contribution < 1.29 is 9.72 Å². The molecular formula is C14H20N4O3. The predicted octanol–water partition coefficient (Wildman–Crippen LogP) is 1.48. The van der Waals surface area contributed by atoms with Gasteiger partial charge in [-0.05, 0) is 31.0 Å². The van der Waals surface area contributed by atoms with Crippen LogP contribution in [0.2, 0.25) is 0 Å². The summed E-state index contributed by atoms with van der Waals surface area (Å²) in [7, 11) is 1.77. The molecule has 1 aromatic rings. The smallest absolute Gasteiger partial charge is 0.269 e. The number of nitrogens with zero attached hydrogens (tertiary/aromatic N) is 2. The molecule has 7 nitrogen and oxygen atoms in total. The molecule has 2 rings (SSSR count). The van der Waals surface area contributed by atoms with Gasteiger partial charge in [-0.25, -0.2) is 0 Å². The molecule has 1 aromatic carbocycles. The van der Waals surface area contributed by atoms with Crippen molar-refractivity contribution in [2.45, 2.75) is 31.8 Å². The van der Waals surface area contributed by atoms with E-state index in [4.69, 9.17) is 5.73 Å². The Labute approximate surface area is 123 Å². The van der Waals surface area contributed by atoms with Crippen LogP contribution in [0.25, 0.3) is 0 Å². The standard InChI is InChI=1S/C14H20N4O3/c1-16-12-6-5-11(18(20)21)8-10(12)9-17-7-3-2-4-13(17)14(15)19/h5-6,8,13,16H,2-4,7,9H2,1H3,(H2,15,19). The zero-order chi connectivity index (χ0) is 15.4. The SMILES string of the molecule is CNc1ccc([N+](=O)[O-])cc1CN1CCCCC1C(N)=O. The number of hydrogen-bond acceptors (Lipinski definition) is 5. The van der Waals surface area contributed by atoms with Crippen molar-refractivity contribution in [3.8, 4) is 0 Å². The molecule has 1 saturated heterocycles. The van der Waals surface area contributed by atoms with Crippen LogP contribution >= 0.6 is 0 Å². The van der Waals surface area contributed by atoms with Gasteiger partial charge >= 0.3 is 0 Å². The first-order chi connectivity index (χ1) is 10.0. The number of hydrogen-bond donors (Lipinski definition) is 2. The molecule has 0 radical (unpaired) electrons. The number of nitro benzene ring substituents is 1. The minimum Gasteiger partial charge on any atom is -0.388 e. The number of nitro groups is 1. The van der Waals surface area contributed by atoms with Crippen LogP contribution in [0.4, 0.5) is 11.4 Å². The zero-order valence-electron chi connectivity index (χ0n) is 12.0. The Morgan fingerprint density at radius 2 is 2.29 bits per heavy atom. The molecule has 0 aromatic heterocycles. The largest absolute Gasteiger partial charge is 0.388 e. The van der Waals surface area contributed by atoms with Crippen LogP contribution in [-0.4, -0.2) is 35.4 Å². The summed E-state index contributed by atoms with van der Waals surface area (Å²) < 4.78 is 0. The van der Waals surface area contributed by atoms with E-state index in [-0.39, 0.29) is 17.6 Å². The highest BCUT2D eigenvalue weighted by Gasteiger charge is 2.27. The Hall–Kier alpha value is -2.15. The normalized spacial score (nSPS) is 19.2. The number of anilines is 1. The fraction of sp³-hybridized carbons (Fsp3) is 0.500. The monoisotopic (exact) mass is 292 g/mol. The third kappa shape index (κ3) is 3.49. The van der Waals surface area contributed by atoms with Gasteiger partial charge in [0.25, 0.3) is 5.69 Å². The lowest BCUT2D eigenvalue weighted by atomic mass is 10.00. The number of likely N-dealkylation sites (tertiary alicyclic amines) is 1. The number of benzene rings is 1. The second kappa shape index (κ2) is 6.53. The van der Waals surface area contributed by atoms with Gasteiger partial charge in [-0.15, -0.1) is 0 Å². The van der Waals surface area contributed by atoms with Crippen molar-refractivity contribution in [2.24, 2.45) is 5.73 Å². The van der Waals surface area contributed by atoms with Crippen molar-refractivity contribution in [2.75, 3.05) is 18.9 Å². The van der Waals surface area contributed by atoms with Crippen LogP contribution < -0.4 is 11.1 Å². The molecule has 7 heteroatoms. The molecule has 1 unspecified atom stereocenters. The van der Waals surface area contributed by atoms with Gasteiger partial charge in [0.2, 0.25) is 5.91 Å². The van der Waals surface area contributed by atoms with Crippen molar-refractivity contribution in [3.05, 3.63) is 33.9 Å². The number of nitrogens with two attached hydrogens (primary N) is 1. The zero-order valence-corrected chi connectivity index (χ0v) is 12.0. The number of piperidine rings is 1. The topological polar surface area (TPSA) is 102 Å². The number of rotatable bonds is 5. The van der Waals surface area contributed by atoms with E-state index in [1.54, 1.807) is 19.2 Å². The van der Waals surface area contributed by atoms with Crippen molar-refractivity contribution in [1.82, 2.24) is 4.90 Å². The fourth-order valence-electron chi connectivity index (χ4n) is 2.79. The molecule has 0 bridgehead atoms. The summed E-state index contributed by atoms with van der Waals surface area (Å²) in [6.45, 7) is 1.25. The number of carbonyl (C=O) groups is 1. The Morgan fingerprint density at radius 1 is 1.52 bits per heavy atom. The van der Waals surface area contributed by atoms with Crippen LogP contribution in [0.1, 0.15) is 24.8 Å². The number of nitrogens with one attached hydrogen (secondary N) is 1. The van der Waals surface area contributed by atoms with E-state index in [0.29, 0.717) is 6.54 Å². The average molecular weight is 292 g/mol.